The van der Waals surface area contributed by atoms with Gasteiger partial charge in [-0.15, -0.1) is 0 Å². The topological polar surface area (TPSA) is 154 Å². The van der Waals surface area contributed by atoms with E-state index in [1.807, 2.05) is 53.8 Å². The van der Waals surface area contributed by atoms with Gasteiger partial charge in [-0.3, -0.25) is 14.6 Å². The molecule has 0 spiro atoms. The summed E-state index contributed by atoms with van der Waals surface area (Å²) in [5.74, 6) is 0.176. The fourth-order valence-electron chi connectivity index (χ4n) is 5.47. The number of rotatable bonds is 10. The number of primary amides is 2. The molecule has 1 fully saturated rings. The lowest BCUT2D eigenvalue weighted by atomic mass is 10.1. The third-order valence-corrected chi connectivity index (χ3v) is 8.11. The van der Waals surface area contributed by atoms with E-state index in [1.165, 1.54) is 12.1 Å². The number of nitrogens with zero attached hydrogens (tertiary/aromatic N) is 1. The summed E-state index contributed by atoms with van der Waals surface area (Å²) in [5, 5.41) is 9.03. The van der Waals surface area contributed by atoms with Crippen molar-refractivity contribution >= 4 is 17.5 Å². The first-order chi connectivity index (χ1) is 23.3. The van der Waals surface area contributed by atoms with E-state index in [1.54, 1.807) is 36.4 Å². The van der Waals surface area contributed by atoms with E-state index < -0.39 is 6.04 Å². The highest BCUT2D eigenvalue weighted by Crippen LogP contribution is 2.24. The minimum atomic E-state index is -0.415. The lowest BCUT2D eigenvalue weighted by Crippen LogP contribution is -3.00. The number of carbonyl (C=O) groups is 2. The van der Waals surface area contributed by atoms with Crippen LogP contribution in [0, 0.1) is 11.6 Å². The Kier molecular flexibility index (Phi) is 17.0. The fraction of sp³-hybridized carbons (Fsp3) is 0.289. The van der Waals surface area contributed by atoms with Gasteiger partial charge in [0, 0.05) is 42.4 Å². The molecule has 2 heterocycles. The molecule has 268 valence electrons. The number of quaternary nitrogens is 1. The smallest absolute Gasteiger partial charge is 0.275 e. The zero-order chi connectivity index (χ0) is 34.5. The molecule has 3 atom stereocenters. The molecule has 9 nitrogen and oxygen atoms in total. The lowest BCUT2D eigenvalue weighted by molar-refractivity contribution is -0.695. The summed E-state index contributed by atoms with van der Waals surface area (Å²) in [5.41, 5.74) is 14.6. The zero-order valence-corrected chi connectivity index (χ0v) is 27.9. The Hall–Kier alpha value is -4.84. The van der Waals surface area contributed by atoms with Crippen LogP contribution in [0.1, 0.15) is 61.4 Å². The molecule has 4 aromatic carbocycles. The Labute approximate surface area is 298 Å². The van der Waals surface area contributed by atoms with Gasteiger partial charge in [0.15, 0.2) is 6.04 Å². The normalized spacial score (nSPS) is 17.3. The molecule has 1 unspecified atom stereocenters. The van der Waals surface area contributed by atoms with Crippen molar-refractivity contribution in [3.63, 3.8) is 0 Å². The number of nitrogens with two attached hydrogens (primary N) is 3. The first kappa shape index (κ1) is 41.3. The molecule has 2 aliphatic rings. The minimum Gasteiger partial charge on any atom is -1.00 e. The number of carbonyl (C=O) groups excluding carboxylic acids is 2. The molecule has 0 aromatic heterocycles. The average Bonchev–Trinajstić information content (AvgIpc) is 3.81. The number of hydrogen-bond acceptors (Lipinski definition) is 6. The molecule has 0 saturated carbocycles. The van der Waals surface area contributed by atoms with Crippen molar-refractivity contribution in [1.29, 1.82) is 0 Å². The second kappa shape index (κ2) is 20.6. The maximum absolute atomic E-state index is 13.5. The van der Waals surface area contributed by atoms with Gasteiger partial charge in [0.25, 0.3) is 5.91 Å². The van der Waals surface area contributed by atoms with Crippen LogP contribution in [0.5, 0.6) is 11.5 Å². The average molecular weight is 711 g/mol. The summed E-state index contributed by atoms with van der Waals surface area (Å²) in [7, 11) is 1.00. The number of aliphatic imine (C=N–C) groups is 1. The molecule has 7 N–H and O–H groups in total. The number of aliphatic hydroxyl groups is 1. The van der Waals surface area contributed by atoms with Crippen molar-refractivity contribution in [2.75, 3.05) is 7.11 Å². The fourth-order valence-corrected chi connectivity index (χ4v) is 5.47. The maximum Gasteiger partial charge on any atom is 0.275 e. The number of ether oxygens (including phenoxy) is 2. The Morgan fingerprint density at radius 1 is 0.760 bits per heavy atom. The SMILES string of the molecule is C.CO.NC(=O)[C@@H]1CCC(c2ccc(OCc3ccccc3F)cc2)=N1.NC(=O)[C@@H]1CCC(c2ccc(OCc3ccccc3F)cc2)[NH2+]1.[Cl-]. The summed E-state index contributed by atoms with van der Waals surface area (Å²) in [4.78, 5) is 26.7. The van der Waals surface area contributed by atoms with Crippen molar-refractivity contribution in [3.05, 3.63) is 131 Å². The van der Waals surface area contributed by atoms with Crippen molar-refractivity contribution in [2.45, 2.75) is 64.4 Å². The van der Waals surface area contributed by atoms with E-state index in [0.717, 1.165) is 43.2 Å². The second-order valence-corrected chi connectivity index (χ2v) is 11.3. The van der Waals surface area contributed by atoms with Gasteiger partial charge in [-0.05, 0) is 79.1 Å². The Morgan fingerprint density at radius 2 is 1.26 bits per heavy atom. The number of aliphatic hydroxyl groups excluding tert-OH is 1. The summed E-state index contributed by atoms with van der Waals surface area (Å²) >= 11 is 0. The summed E-state index contributed by atoms with van der Waals surface area (Å²) in [6, 6.07) is 28.0. The molecule has 0 radical (unpaired) electrons. The van der Waals surface area contributed by atoms with Crippen LogP contribution in [-0.4, -0.2) is 41.8 Å². The first-order valence-corrected chi connectivity index (χ1v) is 15.6. The molecule has 12 heteroatoms. The largest absolute Gasteiger partial charge is 1.00 e. The van der Waals surface area contributed by atoms with Crippen LogP contribution in [0.2, 0.25) is 0 Å². The van der Waals surface area contributed by atoms with Crippen molar-refractivity contribution in [2.24, 2.45) is 16.5 Å². The van der Waals surface area contributed by atoms with Gasteiger partial charge in [-0.25, -0.2) is 8.78 Å². The molecule has 6 rings (SSSR count). The number of amides is 2. The van der Waals surface area contributed by atoms with Gasteiger partial charge >= 0.3 is 0 Å². The van der Waals surface area contributed by atoms with Crippen LogP contribution < -0.4 is 38.7 Å². The minimum absolute atomic E-state index is 0. The Balaban J connectivity index is 0.000000318. The van der Waals surface area contributed by atoms with Gasteiger partial charge in [-0.2, -0.15) is 0 Å². The molecule has 50 heavy (non-hydrogen) atoms. The summed E-state index contributed by atoms with van der Waals surface area (Å²) in [6.07, 6.45) is 3.15. The van der Waals surface area contributed by atoms with E-state index in [2.05, 4.69) is 4.99 Å². The molecule has 0 bridgehead atoms. The van der Waals surface area contributed by atoms with E-state index in [9.17, 15) is 18.4 Å². The second-order valence-electron chi connectivity index (χ2n) is 11.3. The van der Waals surface area contributed by atoms with Crippen LogP contribution in [0.4, 0.5) is 8.78 Å². The third kappa shape index (κ3) is 11.6. The monoisotopic (exact) mass is 710 g/mol. The molecule has 4 aromatic rings. The molecular weight excluding hydrogens is 666 g/mol. The quantitative estimate of drug-likeness (QED) is 0.198. The van der Waals surface area contributed by atoms with Gasteiger partial charge in [0.05, 0.1) is 0 Å². The van der Waals surface area contributed by atoms with Crippen LogP contribution >= 0.6 is 0 Å². The van der Waals surface area contributed by atoms with E-state index in [4.69, 9.17) is 26.0 Å². The number of halogens is 3. The van der Waals surface area contributed by atoms with Crippen molar-refractivity contribution < 1.29 is 50.7 Å². The van der Waals surface area contributed by atoms with Gasteiger partial charge in [0.2, 0.25) is 5.91 Å². The van der Waals surface area contributed by atoms with Crippen molar-refractivity contribution in [1.82, 2.24) is 0 Å². The summed E-state index contributed by atoms with van der Waals surface area (Å²) in [6.45, 7) is 0.377. The molecular formula is C38H45ClF2N4O5. The molecule has 2 amide bonds. The zero-order valence-electron chi connectivity index (χ0n) is 27.1. The molecule has 1 saturated heterocycles. The van der Waals surface area contributed by atoms with E-state index in [0.29, 0.717) is 29.0 Å². The van der Waals surface area contributed by atoms with Crippen molar-refractivity contribution in [3.8, 4) is 11.5 Å². The highest BCUT2D eigenvalue weighted by molar-refractivity contribution is 6.04. The molecule has 0 aliphatic carbocycles. The first-order valence-electron chi connectivity index (χ1n) is 15.6. The third-order valence-electron chi connectivity index (χ3n) is 8.11. The van der Waals surface area contributed by atoms with E-state index in [-0.39, 0.29) is 68.6 Å². The van der Waals surface area contributed by atoms with Gasteiger partial charge < -0.3 is 43.8 Å². The van der Waals surface area contributed by atoms with E-state index >= 15 is 0 Å². The van der Waals surface area contributed by atoms with Gasteiger partial charge in [-0.1, -0.05) is 43.8 Å². The lowest BCUT2D eigenvalue weighted by Gasteiger charge is -2.11. The molecule has 2 aliphatic heterocycles. The highest BCUT2D eigenvalue weighted by Gasteiger charge is 2.32. The highest BCUT2D eigenvalue weighted by atomic mass is 35.5. The Morgan fingerprint density at radius 3 is 1.70 bits per heavy atom. The number of benzene rings is 4. The summed E-state index contributed by atoms with van der Waals surface area (Å²) < 4.78 is 38.3. The predicted octanol–water partition coefficient (Wildman–Crippen LogP) is 1.75. The van der Waals surface area contributed by atoms with Crippen LogP contribution in [0.25, 0.3) is 0 Å². The van der Waals surface area contributed by atoms with Crippen LogP contribution in [-0.2, 0) is 22.8 Å². The van der Waals surface area contributed by atoms with Crippen LogP contribution in [0.15, 0.2) is 102 Å². The number of hydrogen-bond donors (Lipinski definition) is 4. The Bertz CT molecular complexity index is 1690. The standard InChI is InChI=1S/C18H19FN2O2.C18H17FN2O2.CH4O.CH4.ClH/c2*19-15-4-2-1-3-13(15)11-23-14-7-5-12(6-8-14)16-9-10-17(21-16)18(20)22;1-2;;/h1-8,16-17,21H,9-11H2,(H2,20,22);1-8,17H,9-11H2,(H2,20,22);2H,1H3;1H4;1H/t16?,17-;17-;;;/m00.../s1. The maximum atomic E-state index is 13.5. The van der Waals surface area contributed by atoms with Crippen LogP contribution in [0.3, 0.4) is 0 Å². The predicted molar refractivity (Wildman–Crippen MR) is 185 cm³/mol. The van der Waals surface area contributed by atoms with Gasteiger partial charge in [0.1, 0.15) is 48.4 Å².